The summed E-state index contributed by atoms with van der Waals surface area (Å²) in [6.07, 6.45) is 0.737. The molecule has 0 saturated carbocycles. The highest BCUT2D eigenvalue weighted by Gasteiger charge is 2.33. The van der Waals surface area contributed by atoms with E-state index in [2.05, 4.69) is 18.0 Å². The van der Waals surface area contributed by atoms with E-state index in [-0.39, 0.29) is 0 Å². The standard InChI is InChI=1S/C22H26N2O2S/c1-13-14(2)16(4)22(17(5)15(13)3)27(25,26)24-11-10-19-18-8-6-7-9-20(18)23-21(19)12-24/h6-9,23H,10-12H2,1-5H3. The van der Waals surface area contributed by atoms with Crippen molar-refractivity contribution in [3.05, 3.63) is 63.3 Å². The van der Waals surface area contributed by atoms with E-state index in [9.17, 15) is 8.42 Å². The second-order valence-electron chi connectivity index (χ2n) is 7.67. The van der Waals surface area contributed by atoms with Gasteiger partial charge in [0.25, 0.3) is 0 Å². The van der Waals surface area contributed by atoms with Crippen molar-refractivity contribution in [2.45, 2.75) is 52.5 Å². The number of benzene rings is 2. The minimum Gasteiger partial charge on any atom is -0.357 e. The molecule has 1 aliphatic rings. The largest absolute Gasteiger partial charge is 0.357 e. The molecule has 3 aromatic rings. The van der Waals surface area contributed by atoms with E-state index in [1.165, 1.54) is 16.5 Å². The highest BCUT2D eigenvalue weighted by atomic mass is 32.2. The van der Waals surface area contributed by atoms with Gasteiger partial charge in [0.15, 0.2) is 0 Å². The molecule has 1 N–H and O–H groups in total. The van der Waals surface area contributed by atoms with Gasteiger partial charge in [0.05, 0.1) is 11.4 Å². The van der Waals surface area contributed by atoms with E-state index in [1.807, 2.05) is 45.9 Å². The number of para-hydroxylation sites is 1. The zero-order chi connectivity index (χ0) is 19.5. The fourth-order valence-electron chi connectivity index (χ4n) is 4.36. The Labute approximate surface area is 161 Å². The summed E-state index contributed by atoms with van der Waals surface area (Å²) >= 11 is 0. The van der Waals surface area contributed by atoms with Crippen LogP contribution in [0.4, 0.5) is 0 Å². The van der Waals surface area contributed by atoms with Crippen LogP contribution < -0.4 is 0 Å². The van der Waals surface area contributed by atoms with Crippen LogP contribution in [0.3, 0.4) is 0 Å². The molecule has 0 unspecified atom stereocenters. The Morgan fingerprint density at radius 1 is 0.889 bits per heavy atom. The number of nitrogens with one attached hydrogen (secondary N) is 1. The van der Waals surface area contributed by atoms with Crippen molar-refractivity contribution in [3.8, 4) is 0 Å². The van der Waals surface area contributed by atoms with Gasteiger partial charge in [-0.15, -0.1) is 0 Å². The molecular weight excluding hydrogens is 356 g/mol. The van der Waals surface area contributed by atoms with E-state index in [0.717, 1.165) is 39.9 Å². The van der Waals surface area contributed by atoms with Gasteiger partial charge in [-0.3, -0.25) is 0 Å². The van der Waals surface area contributed by atoms with Crippen LogP contribution in [0.1, 0.15) is 39.1 Å². The lowest BCUT2D eigenvalue weighted by atomic mass is 9.95. The normalized spacial score (nSPS) is 15.3. The van der Waals surface area contributed by atoms with Crippen LogP contribution in [0.15, 0.2) is 29.2 Å². The fraction of sp³-hybridized carbons (Fsp3) is 0.364. The Balaban J connectivity index is 1.81. The van der Waals surface area contributed by atoms with E-state index in [0.29, 0.717) is 18.0 Å². The van der Waals surface area contributed by atoms with Gasteiger partial charge < -0.3 is 4.98 Å². The van der Waals surface area contributed by atoms with Gasteiger partial charge in [0.1, 0.15) is 0 Å². The lowest BCUT2D eigenvalue weighted by molar-refractivity contribution is 0.388. The summed E-state index contributed by atoms with van der Waals surface area (Å²) in [6.45, 7) is 10.9. The van der Waals surface area contributed by atoms with Crippen LogP contribution in [0.5, 0.6) is 0 Å². The van der Waals surface area contributed by atoms with Crippen LogP contribution in [-0.2, 0) is 23.0 Å². The summed E-state index contributed by atoms with van der Waals surface area (Å²) < 4.78 is 28.8. The Hall–Kier alpha value is -2.11. The molecule has 27 heavy (non-hydrogen) atoms. The minimum atomic E-state index is -3.55. The number of nitrogens with zero attached hydrogens (tertiary/aromatic N) is 1. The number of aromatic amines is 1. The lowest BCUT2D eigenvalue weighted by Crippen LogP contribution is -2.36. The first-order chi connectivity index (χ1) is 12.7. The molecule has 4 rings (SSSR count). The second-order valence-corrected chi connectivity index (χ2v) is 9.55. The van der Waals surface area contributed by atoms with E-state index < -0.39 is 10.0 Å². The Morgan fingerprint density at radius 2 is 1.48 bits per heavy atom. The van der Waals surface area contributed by atoms with Gasteiger partial charge in [-0.1, -0.05) is 18.2 Å². The van der Waals surface area contributed by atoms with Crippen LogP contribution in [-0.4, -0.2) is 24.3 Å². The predicted octanol–water partition coefficient (Wildman–Crippen LogP) is 4.46. The molecule has 1 aromatic heterocycles. The summed E-state index contributed by atoms with van der Waals surface area (Å²) in [7, 11) is -3.55. The van der Waals surface area contributed by atoms with Crippen molar-refractivity contribution in [3.63, 3.8) is 0 Å². The molecule has 0 aliphatic carbocycles. The van der Waals surface area contributed by atoms with Gasteiger partial charge in [0, 0.05) is 23.1 Å². The molecule has 0 bridgehead atoms. The molecule has 142 valence electrons. The summed E-state index contributed by atoms with van der Waals surface area (Å²) in [6, 6.07) is 8.19. The summed E-state index contributed by atoms with van der Waals surface area (Å²) in [4.78, 5) is 3.91. The molecule has 0 radical (unpaired) electrons. The Morgan fingerprint density at radius 3 is 2.15 bits per heavy atom. The third-order valence-electron chi connectivity index (χ3n) is 6.38. The Kier molecular flexibility index (Phi) is 4.20. The number of sulfonamides is 1. The molecule has 0 atom stereocenters. The van der Waals surface area contributed by atoms with Gasteiger partial charge in [0.2, 0.25) is 10.0 Å². The van der Waals surface area contributed by atoms with Crippen LogP contribution in [0, 0.1) is 34.6 Å². The monoisotopic (exact) mass is 382 g/mol. The SMILES string of the molecule is Cc1c(C)c(C)c(S(=O)(=O)N2CCc3c([nH]c4ccccc34)C2)c(C)c1C. The van der Waals surface area contributed by atoms with E-state index in [4.69, 9.17) is 0 Å². The quantitative estimate of drug-likeness (QED) is 0.711. The first-order valence-electron chi connectivity index (χ1n) is 9.39. The average molecular weight is 383 g/mol. The molecule has 0 fully saturated rings. The van der Waals surface area contributed by atoms with E-state index in [1.54, 1.807) is 4.31 Å². The van der Waals surface area contributed by atoms with Crippen molar-refractivity contribution >= 4 is 20.9 Å². The maximum Gasteiger partial charge on any atom is 0.243 e. The van der Waals surface area contributed by atoms with Crippen LogP contribution in [0.2, 0.25) is 0 Å². The molecule has 2 heterocycles. The molecule has 4 nitrogen and oxygen atoms in total. The van der Waals surface area contributed by atoms with Crippen molar-refractivity contribution < 1.29 is 8.42 Å². The van der Waals surface area contributed by atoms with Crippen molar-refractivity contribution in [2.24, 2.45) is 0 Å². The number of fused-ring (bicyclic) bond motifs is 3. The predicted molar refractivity (Wildman–Crippen MR) is 110 cm³/mol. The zero-order valence-corrected chi connectivity index (χ0v) is 17.4. The summed E-state index contributed by atoms with van der Waals surface area (Å²) in [5.41, 5.74) is 8.41. The average Bonchev–Trinajstić information content (AvgIpc) is 3.02. The van der Waals surface area contributed by atoms with Crippen molar-refractivity contribution in [1.29, 1.82) is 0 Å². The van der Waals surface area contributed by atoms with Gasteiger partial charge in [-0.2, -0.15) is 4.31 Å². The van der Waals surface area contributed by atoms with Crippen LogP contribution >= 0.6 is 0 Å². The first kappa shape index (κ1) is 18.3. The first-order valence-corrected chi connectivity index (χ1v) is 10.8. The zero-order valence-electron chi connectivity index (χ0n) is 16.6. The van der Waals surface area contributed by atoms with Gasteiger partial charge in [-0.25, -0.2) is 8.42 Å². The maximum absolute atomic E-state index is 13.6. The smallest absolute Gasteiger partial charge is 0.243 e. The second kappa shape index (κ2) is 6.21. The molecule has 5 heteroatoms. The van der Waals surface area contributed by atoms with E-state index >= 15 is 0 Å². The van der Waals surface area contributed by atoms with Gasteiger partial charge in [-0.05, 0) is 80.5 Å². The number of hydrogen-bond acceptors (Lipinski definition) is 2. The molecule has 0 amide bonds. The topological polar surface area (TPSA) is 53.2 Å². The number of rotatable bonds is 2. The number of hydrogen-bond donors (Lipinski definition) is 1. The molecule has 1 aliphatic heterocycles. The van der Waals surface area contributed by atoms with Crippen molar-refractivity contribution in [2.75, 3.05) is 6.54 Å². The summed E-state index contributed by atoms with van der Waals surface area (Å²) in [5.74, 6) is 0. The maximum atomic E-state index is 13.6. The molecule has 0 spiro atoms. The highest BCUT2D eigenvalue weighted by Crippen LogP contribution is 2.35. The third kappa shape index (κ3) is 2.64. The Bertz CT molecular complexity index is 1140. The highest BCUT2D eigenvalue weighted by molar-refractivity contribution is 7.89. The molecule has 0 saturated heterocycles. The molecular formula is C22H26N2O2S. The minimum absolute atomic E-state index is 0.400. The molecule has 2 aromatic carbocycles. The lowest BCUT2D eigenvalue weighted by Gasteiger charge is -2.29. The van der Waals surface area contributed by atoms with Gasteiger partial charge >= 0.3 is 0 Å². The summed E-state index contributed by atoms with van der Waals surface area (Å²) in [5, 5.41) is 1.21. The fourth-order valence-corrected chi connectivity index (χ4v) is 6.32. The third-order valence-corrected chi connectivity index (χ3v) is 8.50. The van der Waals surface area contributed by atoms with Crippen LogP contribution in [0.25, 0.3) is 10.9 Å². The van der Waals surface area contributed by atoms with Crippen molar-refractivity contribution in [1.82, 2.24) is 9.29 Å². The number of H-pyrrole nitrogens is 1. The number of aromatic nitrogens is 1.